The zero-order valence-corrected chi connectivity index (χ0v) is 20.2. The molecule has 37 heavy (non-hydrogen) atoms. The second kappa shape index (κ2) is 9.65. The van der Waals surface area contributed by atoms with E-state index in [1.807, 2.05) is 4.90 Å². The summed E-state index contributed by atoms with van der Waals surface area (Å²) in [5.41, 5.74) is -1.20. The molecule has 1 aliphatic rings. The van der Waals surface area contributed by atoms with E-state index in [0.29, 0.717) is 41.1 Å². The lowest BCUT2D eigenvalue weighted by atomic mass is 9.96. The van der Waals surface area contributed by atoms with Gasteiger partial charge in [0.2, 0.25) is 0 Å². The summed E-state index contributed by atoms with van der Waals surface area (Å²) in [6.45, 7) is 0.444. The lowest BCUT2D eigenvalue weighted by Crippen LogP contribution is -2.62. The van der Waals surface area contributed by atoms with E-state index in [-0.39, 0.29) is 12.1 Å². The van der Waals surface area contributed by atoms with Crippen LogP contribution in [-0.2, 0) is 11.3 Å². The van der Waals surface area contributed by atoms with Gasteiger partial charge in [-0.25, -0.2) is 18.6 Å². The Balaban J connectivity index is 1.31. The monoisotopic (exact) mass is 524 g/mol. The SMILES string of the molecule is COC1(C#N)CN(c2cc(Oc3ccc(-n4ncn(Cc5c(F)cccc5F)c4=O)cc3)c(Cl)cn2)C1. The summed E-state index contributed by atoms with van der Waals surface area (Å²) < 4.78 is 41.4. The molecule has 0 unspecified atom stereocenters. The molecular formula is C25H19ClF2N6O3. The topological polar surface area (TPSA) is 98.2 Å². The van der Waals surface area contributed by atoms with Gasteiger partial charge in [-0.2, -0.15) is 15.0 Å². The molecule has 0 aliphatic carbocycles. The van der Waals surface area contributed by atoms with Gasteiger partial charge in [-0.3, -0.25) is 4.57 Å². The highest BCUT2D eigenvalue weighted by molar-refractivity contribution is 6.32. The van der Waals surface area contributed by atoms with E-state index in [9.17, 15) is 18.8 Å². The Labute approximate surface area is 214 Å². The first-order chi connectivity index (χ1) is 17.8. The molecule has 4 aromatic rings. The number of rotatable bonds is 7. The van der Waals surface area contributed by atoms with Crippen molar-refractivity contribution < 1.29 is 18.3 Å². The van der Waals surface area contributed by atoms with Crippen LogP contribution in [0, 0.1) is 23.0 Å². The van der Waals surface area contributed by atoms with E-state index in [1.54, 1.807) is 30.3 Å². The van der Waals surface area contributed by atoms with Crippen LogP contribution in [0.2, 0.25) is 5.02 Å². The number of nitriles is 1. The number of benzene rings is 2. The number of pyridine rings is 1. The number of methoxy groups -OCH3 is 1. The maximum atomic E-state index is 14.0. The number of anilines is 1. The molecule has 5 rings (SSSR count). The Kier molecular flexibility index (Phi) is 6.37. The molecule has 0 radical (unpaired) electrons. The summed E-state index contributed by atoms with van der Waals surface area (Å²) >= 11 is 6.27. The van der Waals surface area contributed by atoms with Crippen LogP contribution in [0.15, 0.2) is 65.8 Å². The highest BCUT2D eigenvalue weighted by Gasteiger charge is 2.44. The van der Waals surface area contributed by atoms with E-state index in [0.717, 1.165) is 21.4 Å². The number of hydrogen-bond donors (Lipinski definition) is 0. The molecular weight excluding hydrogens is 506 g/mol. The van der Waals surface area contributed by atoms with Crippen LogP contribution < -0.4 is 15.3 Å². The molecule has 2 aromatic heterocycles. The van der Waals surface area contributed by atoms with Crippen LogP contribution in [0.4, 0.5) is 14.6 Å². The second-order valence-electron chi connectivity index (χ2n) is 8.39. The molecule has 1 aliphatic heterocycles. The lowest BCUT2D eigenvalue weighted by molar-refractivity contribution is 0.0151. The smallest absolute Gasteiger partial charge is 0.350 e. The van der Waals surface area contributed by atoms with Crippen LogP contribution in [0.5, 0.6) is 11.5 Å². The van der Waals surface area contributed by atoms with Gasteiger partial charge in [0, 0.05) is 18.7 Å². The third-order valence-corrected chi connectivity index (χ3v) is 6.33. The molecule has 12 heteroatoms. The van der Waals surface area contributed by atoms with Gasteiger partial charge in [0.15, 0.2) is 11.4 Å². The van der Waals surface area contributed by atoms with Crippen molar-refractivity contribution in [3.63, 3.8) is 0 Å². The third kappa shape index (κ3) is 4.64. The molecule has 1 saturated heterocycles. The van der Waals surface area contributed by atoms with E-state index in [1.165, 1.54) is 25.7 Å². The largest absolute Gasteiger partial charge is 0.456 e. The van der Waals surface area contributed by atoms with Gasteiger partial charge in [0.1, 0.15) is 40.6 Å². The zero-order valence-electron chi connectivity index (χ0n) is 19.4. The second-order valence-corrected chi connectivity index (χ2v) is 8.80. The average Bonchev–Trinajstić information content (AvgIpc) is 3.23. The first-order valence-corrected chi connectivity index (χ1v) is 11.4. The minimum atomic E-state index is -0.855. The van der Waals surface area contributed by atoms with Gasteiger partial charge in [-0.15, -0.1) is 0 Å². The van der Waals surface area contributed by atoms with Crippen LogP contribution in [-0.4, -0.2) is 45.1 Å². The number of hydrogen-bond acceptors (Lipinski definition) is 7. The molecule has 2 aromatic carbocycles. The van der Waals surface area contributed by atoms with Crippen molar-refractivity contribution in [1.29, 1.82) is 5.26 Å². The summed E-state index contributed by atoms with van der Waals surface area (Å²) in [6.07, 6.45) is 2.68. The normalized spacial score (nSPS) is 14.2. The van der Waals surface area contributed by atoms with Crippen molar-refractivity contribution in [1.82, 2.24) is 19.3 Å². The Morgan fingerprint density at radius 3 is 2.51 bits per heavy atom. The minimum Gasteiger partial charge on any atom is -0.456 e. The van der Waals surface area contributed by atoms with Crippen LogP contribution in [0.1, 0.15) is 5.56 Å². The molecule has 0 atom stereocenters. The van der Waals surface area contributed by atoms with Gasteiger partial charge >= 0.3 is 5.69 Å². The van der Waals surface area contributed by atoms with Gasteiger partial charge in [0.05, 0.1) is 31.5 Å². The predicted octanol–water partition coefficient (Wildman–Crippen LogP) is 3.93. The fraction of sp³-hybridized carbons (Fsp3) is 0.200. The van der Waals surface area contributed by atoms with Crippen molar-refractivity contribution in [2.24, 2.45) is 0 Å². The average molecular weight is 525 g/mol. The van der Waals surface area contributed by atoms with E-state index >= 15 is 0 Å². The fourth-order valence-electron chi connectivity index (χ4n) is 3.89. The number of aromatic nitrogens is 4. The summed E-state index contributed by atoms with van der Waals surface area (Å²) in [4.78, 5) is 18.9. The molecule has 0 bridgehead atoms. The maximum absolute atomic E-state index is 14.0. The van der Waals surface area contributed by atoms with Crippen LogP contribution in [0.25, 0.3) is 5.69 Å². The fourth-order valence-corrected chi connectivity index (χ4v) is 4.04. The Morgan fingerprint density at radius 1 is 1.16 bits per heavy atom. The van der Waals surface area contributed by atoms with Crippen molar-refractivity contribution >= 4 is 17.4 Å². The van der Waals surface area contributed by atoms with Gasteiger partial charge in [-0.05, 0) is 36.4 Å². The number of halogens is 3. The van der Waals surface area contributed by atoms with Crippen LogP contribution >= 0.6 is 11.6 Å². The first-order valence-electron chi connectivity index (χ1n) is 11.0. The van der Waals surface area contributed by atoms with Crippen molar-refractivity contribution in [2.75, 3.05) is 25.1 Å². The van der Waals surface area contributed by atoms with Crippen molar-refractivity contribution in [3.05, 3.63) is 93.8 Å². The first kappa shape index (κ1) is 24.4. The zero-order chi connectivity index (χ0) is 26.2. The summed E-state index contributed by atoms with van der Waals surface area (Å²) in [7, 11) is 1.50. The number of ether oxygens (including phenoxy) is 2. The standard InChI is InChI=1S/C25H19ClF2N6O3/c1-36-25(12-29)13-33(14-25)23-9-22(19(26)10-30-23)37-17-7-5-16(6-8-17)34-24(35)32(15-31-34)11-18-20(27)3-2-4-21(18)28/h2-10,15H,11,13-14H2,1H3. The third-order valence-electron chi connectivity index (χ3n) is 6.05. The van der Waals surface area contributed by atoms with Gasteiger partial charge in [0.25, 0.3) is 0 Å². The summed E-state index contributed by atoms with van der Waals surface area (Å²) in [6, 6.07) is 13.8. The van der Waals surface area contributed by atoms with Crippen molar-refractivity contribution in [2.45, 2.75) is 12.1 Å². The quantitative estimate of drug-likeness (QED) is 0.361. The Morgan fingerprint density at radius 2 is 1.86 bits per heavy atom. The van der Waals surface area contributed by atoms with E-state index < -0.39 is 22.9 Å². The highest BCUT2D eigenvalue weighted by atomic mass is 35.5. The van der Waals surface area contributed by atoms with Gasteiger partial charge in [-0.1, -0.05) is 17.7 Å². The Bertz CT molecular complexity index is 1540. The lowest BCUT2D eigenvalue weighted by Gasteiger charge is -2.44. The summed E-state index contributed by atoms with van der Waals surface area (Å²) in [5, 5.41) is 13.6. The minimum absolute atomic E-state index is 0.222. The van der Waals surface area contributed by atoms with Crippen LogP contribution in [0.3, 0.4) is 0 Å². The Hall–Kier alpha value is -4.27. The molecule has 0 N–H and O–H groups in total. The summed E-state index contributed by atoms with van der Waals surface area (Å²) in [5.74, 6) is -0.0925. The molecule has 188 valence electrons. The molecule has 3 heterocycles. The van der Waals surface area contributed by atoms with Gasteiger partial charge < -0.3 is 14.4 Å². The van der Waals surface area contributed by atoms with E-state index in [2.05, 4.69) is 16.2 Å². The maximum Gasteiger partial charge on any atom is 0.350 e. The highest BCUT2D eigenvalue weighted by Crippen LogP contribution is 2.35. The molecule has 0 amide bonds. The molecule has 0 spiro atoms. The van der Waals surface area contributed by atoms with Crippen molar-refractivity contribution in [3.8, 4) is 23.3 Å². The molecule has 1 fully saturated rings. The van der Waals surface area contributed by atoms with E-state index in [4.69, 9.17) is 21.1 Å². The molecule has 0 saturated carbocycles. The number of nitrogens with zero attached hydrogens (tertiary/aromatic N) is 6. The molecule has 9 nitrogen and oxygen atoms in total. The predicted molar refractivity (Wildman–Crippen MR) is 130 cm³/mol.